The molecule has 0 saturated carbocycles. The number of fused-ring (bicyclic) bond motifs is 3. The number of halogens is 2. The van der Waals surface area contributed by atoms with Crippen LogP contribution in [0.15, 0.2) is 66.7 Å². The molecule has 2 unspecified atom stereocenters. The maximum absolute atomic E-state index is 14.0. The van der Waals surface area contributed by atoms with Gasteiger partial charge in [0.05, 0.1) is 12.1 Å². The Morgan fingerprint density at radius 2 is 1.52 bits per heavy atom. The number of nitrogens with zero attached hydrogens (tertiary/aromatic N) is 1. The van der Waals surface area contributed by atoms with Crippen LogP contribution in [0.2, 0.25) is 0 Å². The number of benzene rings is 3. The minimum absolute atomic E-state index is 0.0945. The number of hydrogen-bond acceptors (Lipinski definition) is 4. The van der Waals surface area contributed by atoms with E-state index >= 15 is 0 Å². The summed E-state index contributed by atoms with van der Waals surface area (Å²) in [5.74, 6) is -3.94. The lowest BCUT2D eigenvalue weighted by Gasteiger charge is -2.28. The third kappa shape index (κ3) is 6.42. The summed E-state index contributed by atoms with van der Waals surface area (Å²) in [5.41, 5.74) is 2.01. The number of nitrogens with one attached hydrogen (secondary N) is 2. The summed E-state index contributed by atoms with van der Waals surface area (Å²) in [6, 6.07) is 14.6. The van der Waals surface area contributed by atoms with Crippen molar-refractivity contribution < 1.29 is 28.0 Å². The smallest absolute Gasteiger partial charge is 0.261 e. The fraction of sp³-hybridized carbons (Fsp3) is 0.290. The summed E-state index contributed by atoms with van der Waals surface area (Å²) in [7, 11) is 0. The minimum atomic E-state index is -1.21. The molecule has 3 aromatic rings. The number of carbonyl (C=O) groups is 4. The largest absolute Gasteiger partial charge is 0.344 e. The van der Waals surface area contributed by atoms with Crippen LogP contribution in [-0.4, -0.2) is 29.7 Å². The molecule has 9 heteroatoms. The van der Waals surface area contributed by atoms with Crippen LogP contribution in [0, 0.1) is 17.0 Å². The van der Waals surface area contributed by atoms with Crippen molar-refractivity contribution in [3.8, 4) is 11.1 Å². The van der Waals surface area contributed by atoms with E-state index in [1.54, 1.807) is 24.3 Å². The van der Waals surface area contributed by atoms with Gasteiger partial charge in [-0.3, -0.25) is 19.2 Å². The van der Waals surface area contributed by atoms with Crippen LogP contribution in [0.3, 0.4) is 0 Å². The number of hydrogen-bond donors (Lipinski definition) is 2. The van der Waals surface area contributed by atoms with E-state index in [1.165, 1.54) is 6.92 Å². The zero-order valence-electron chi connectivity index (χ0n) is 22.8. The van der Waals surface area contributed by atoms with Crippen LogP contribution in [-0.2, 0) is 25.6 Å². The molecule has 0 saturated heterocycles. The van der Waals surface area contributed by atoms with E-state index < -0.39 is 52.8 Å². The second-order valence-electron chi connectivity index (χ2n) is 11.1. The van der Waals surface area contributed by atoms with Crippen LogP contribution in [0.5, 0.6) is 0 Å². The highest BCUT2D eigenvalue weighted by Gasteiger charge is 2.39. The highest BCUT2D eigenvalue weighted by Crippen LogP contribution is 2.41. The van der Waals surface area contributed by atoms with Crippen molar-refractivity contribution in [2.75, 3.05) is 4.90 Å². The lowest BCUT2D eigenvalue weighted by Crippen LogP contribution is -2.51. The number of para-hydroxylation sites is 1. The standard InChI is InChI=1S/C31H31F2N3O4/c1-18(34-26(37)15-19-13-20(32)16-21(33)14-19)29(39)35-28-24-11-6-5-9-22(24)23-10-7-8-12-25(23)36(30(28)40)27(38)17-31(2,3)4/h5-14,16,18,28H,15,17H2,1-4H3,(H,34,37)(H,35,39). The molecule has 4 amide bonds. The van der Waals surface area contributed by atoms with Crippen molar-refractivity contribution in [3.05, 3.63) is 89.5 Å². The molecule has 0 fully saturated rings. The van der Waals surface area contributed by atoms with Gasteiger partial charge in [0.15, 0.2) is 0 Å². The SMILES string of the molecule is CC(NC(=O)Cc1cc(F)cc(F)c1)C(=O)NC1C(=O)N(C(=O)CC(C)(C)C)c2ccccc2-c2ccccc21. The summed E-state index contributed by atoms with van der Waals surface area (Å²) >= 11 is 0. The van der Waals surface area contributed by atoms with Crippen molar-refractivity contribution in [3.63, 3.8) is 0 Å². The van der Waals surface area contributed by atoms with E-state index in [1.807, 2.05) is 45.0 Å². The predicted octanol–water partition coefficient (Wildman–Crippen LogP) is 4.85. The van der Waals surface area contributed by atoms with Gasteiger partial charge in [-0.05, 0) is 47.2 Å². The zero-order valence-corrected chi connectivity index (χ0v) is 22.8. The first-order valence-electron chi connectivity index (χ1n) is 12.9. The summed E-state index contributed by atoms with van der Waals surface area (Å²) < 4.78 is 27.0. The summed E-state index contributed by atoms with van der Waals surface area (Å²) in [6.07, 6.45) is -0.251. The van der Waals surface area contributed by atoms with Gasteiger partial charge < -0.3 is 10.6 Å². The van der Waals surface area contributed by atoms with E-state index in [0.717, 1.165) is 17.0 Å². The molecule has 0 aliphatic carbocycles. The Morgan fingerprint density at radius 3 is 2.17 bits per heavy atom. The summed E-state index contributed by atoms with van der Waals surface area (Å²) in [4.78, 5) is 54.4. The molecule has 208 valence electrons. The van der Waals surface area contributed by atoms with Crippen molar-refractivity contribution >= 4 is 29.3 Å². The highest BCUT2D eigenvalue weighted by atomic mass is 19.1. The number of imide groups is 1. The van der Waals surface area contributed by atoms with Gasteiger partial charge in [-0.25, -0.2) is 13.7 Å². The number of anilines is 1. The highest BCUT2D eigenvalue weighted by molar-refractivity contribution is 6.20. The third-order valence-corrected chi connectivity index (χ3v) is 6.45. The molecule has 40 heavy (non-hydrogen) atoms. The van der Waals surface area contributed by atoms with Gasteiger partial charge in [0.2, 0.25) is 17.7 Å². The molecule has 2 atom stereocenters. The fourth-order valence-electron chi connectivity index (χ4n) is 4.72. The summed E-state index contributed by atoms with van der Waals surface area (Å²) in [6.45, 7) is 7.13. The molecule has 3 aromatic carbocycles. The van der Waals surface area contributed by atoms with E-state index in [4.69, 9.17) is 0 Å². The Labute approximate surface area is 231 Å². The van der Waals surface area contributed by atoms with Crippen molar-refractivity contribution in [1.82, 2.24) is 10.6 Å². The Balaban J connectivity index is 1.61. The second kappa shape index (κ2) is 11.4. The Morgan fingerprint density at radius 1 is 0.925 bits per heavy atom. The first-order chi connectivity index (χ1) is 18.8. The van der Waals surface area contributed by atoms with E-state index in [9.17, 15) is 28.0 Å². The molecule has 1 aliphatic rings. The quantitative estimate of drug-likeness (QED) is 0.462. The van der Waals surface area contributed by atoms with Gasteiger partial charge in [0.1, 0.15) is 23.7 Å². The molecule has 7 nitrogen and oxygen atoms in total. The molecule has 0 aromatic heterocycles. The monoisotopic (exact) mass is 547 g/mol. The van der Waals surface area contributed by atoms with Gasteiger partial charge in [-0.15, -0.1) is 0 Å². The van der Waals surface area contributed by atoms with Crippen LogP contribution in [0.1, 0.15) is 51.3 Å². The molecule has 2 N–H and O–H groups in total. The Hall–Kier alpha value is -4.40. The third-order valence-electron chi connectivity index (χ3n) is 6.45. The van der Waals surface area contributed by atoms with E-state index in [2.05, 4.69) is 10.6 Å². The van der Waals surface area contributed by atoms with E-state index in [0.29, 0.717) is 28.4 Å². The normalized spacial score (nSPS) is 15.4. The van der Waals surface area contributed by atoms with Crippen LogP contribution < -0.4 is 15.5 Å². The summed E-state index contributed by atoms with van der Waals surface area (Å²) in [5, 5.41) is 5.22. The van der Waals surface area contributed by atoms with Gasteiger partial charge in [0.25, 0.3) is 5.91 Å². The topological polar surface area (TPSA) is 95.6 Å². The first-order valence-corrected chi connectivity index (χ1v) is 12.9. The maximum atomic E-state index is 14.0. The lowest BCUT2D eigenvalue weighted by molar-refractivity contribution is -0.133. The number of amides is 4. The van der Waals surface area contributed by atoms with Gasteiger partial charge in [0, 0.05) is 18.1 Å². The molecule has 0 spiro atoms. The van der Waals surface area contributed by atoms with Crippen LogP contribution >= 0.6 is 0 Å². The molecule has 1 heterocycles. The molecule has 0 bridgehead atoms. The van der Waals surface area contributed by atoms with E-state index in [-0.39, 0.29) is 18.4 Å². The minimum Gasteiger partial charge on any atom is -0.344 e. The molecular weight excluding hydrogens is 516 g/mol. The maximum Gasteiger partial charge on any atom is 0.261 e. The second-order valence-corrected chi connectivity index (χ2v) is 11.1. The van der Waals surface area contributed by atoms with Crippen LogP contribution in [0.25, 0.3) is 11.1 Å². The average molecular weight is 548 g/mol. The number of rotatable bonds is 6. The Kier molecular flexibility index (Phi) is 8.13. The lowest BCUT2D eigenvalue weighted by atomic mass is 9.91. The van der Waals surface area contributed by atoms with Crippen molar-refractivity contribution in [1.29, 1.82) is 0 Å². The average Bonchev–Trinajstić information content (AvgIpc) is 2.95. The fourth-order valence-corrected chi connectivity index (χ4v) is 4.72. The Bertz CT molecular complexity index is 1460. The predicted molar refractivity (Wildman–Crippen MR) is 147 cm³/mol. The zero-order chi connectivity index (χ0) is 29.2. The van der Waals surface area contributed by atoms with Gasteiger partial charge in [-0.1, -0.05) is 63.2 Å². The molecule has 0 radical (unpaired) electrons. The van der Waals surface area contributed by atoms with Crippen molar-refractivity contribution in [2.45, 2.75) is 52.6 Å². The molecular formula is C31H31F2N3O4. The number of carbonyl (C=O) groups excluding carboxylic acids is 4. The molecule has 1 aliphatic heterocycles. The van der Waals surface area contributed by atoms with Gasteiger partial charge in [-0.2, -0.15) is 0 Å². The van der Waals surface area contributed by atoms with Crippen LogP contribution in [0.4, 0.5) is 14.5 Å². The van der Waals surface area contributed by atoms with Crippen molar-refractivity contribution in [2.24, 2.45) is 5.41 Å². The first kappa shape index (κ1) is 28.6. The van der Waals surface area contributed by atoms with Gasteiger partial charge >= 0.3 is 0 Å². The molecule has 4 rings (SSSR count).